The molecule has 2 bridgehead atoms. The van der Waals surface area contributed by atoms with Crippen molar-refractivity contribution in [2.45, 2.75) is 25.7 Å². The first-order chi connectivity index (χ1) is 9.26. The van der Waals surface area contributed by atoms with Gasteiger partial charge in [-0.1, -0.05) is 6.42 Å². The number of nitrogens with zero attached hydrogens (tertiary/aromatic N) is 2. The molecule has 102 valence electrons. The summed E-state index contributed by atoms with van der Waals surface area (Å²) in [4.78, 5) is 12.0. The highest BCUT2D eigenvalue weighted by molar-refractivity contribution is 5.92. The van der Waals surface area contributed by atoms with E-state index in [1.807, 2.05) is 0 Å². The van der Waals surface area contributed by atoms with Crippen molar-refractivity contribution in [2.75, 3.05) is 18.9 Å². The van der Waals surface area contributed by atoms with Crippen LogP contribution in [0.4, 0.5) is 5.82 Å². The van der Waals surface area contributed by atoms with Crippen molar-refractivity contribution in [2.24, 2.45) is 17.8 Å². The van der Waals surface area contributed by atoms with Crippen LogP contribution >= 0.6 is 0 Å². The smallest absolute Gasteiger partial charge is 0.271 e. The molecule has 3 atom stereocenters. The summed E-state index contributed by atoms with van der Waals surface area (Å²) in [6, 6.07) is 3.47. The molecule has 5 heteroatoms. The van der Waals surface area contributed by atoms with E-state index in [9.17, 15) is 4.79 Å². The molecule has 1 aromatic rings. The van der Waals surface area contributed by atoms with E-state index in [0.29, 0.717) is 17.4 Å². The minimum absolute atomic E-state index is 0.113. The van der Waals surface area contributed by atoms with Gasteiger partial charge >= 0.3 is 0 Å². The van der Waals surface area contributed by atoms with E-state index in [4.69, 9.17) is 0 Å². The normalized spacial score (nSPS) is 28.4. The first-order valence-electron chi connectivity index (χ1n) is 7.06. The summed E-state index contributed by atoms with van der Waals surface area (Å²) >= 11 is 0. The Kier molecular flexibility index (Phi) is 3.36. The van der Waals surface area contributed by atoms with Crippen molar-refractivity contribution in [3.05, 3.63) is 17.8 Å². The van der Waals surface area contributed by atoms with Gasteiger partial charge in [0.15, 0.2) is 5.69 Å². The molecular weight excluding hydrogens is 240 g/mol. The molecule has 2 aliphatic carbocycles. The van der Waals surface area contributed by atoms with E-state index >= 15 is 0 Å². The average Bonchev–Trinajstić information content (AvgIpc) is 3.07. The Morgan fingerprint density at radius 3 is 2.79 bits per heavy atom. The molecule has 1 amide bonds. The van der Waals surface area contributed by atoms with E-state index in [0.717, 1.165) is 18.4 Å². The fourth-order valence-electron chi connectivity index (χ4n) is 3.53. The van der Waals surface area contributed by atoms with Crippen LogP contribution in [0.1, 0.15) is 36.2 Å². The van der Waals surface area contributed by atoms with E-state index < -0.39 is 0 Å². The Balaban J connectivity index is 1.53. The molecule has 2 aliphatic rings. The predicted molar refractivity (Wildman–Crippen MR) is 72.8 cm³/mol. The molecule has 2 N–H and O–H groups in total. The predicted octanol–water partition coefficient (Wildman–Crippen LogP) is 1.68. The van der Waals surface area contributed by atoms with Crippen molar-refractivity contribution in [3.8, 4) is 0 Å². The minimum Gasteiger partial charge on any atom is -0.372 e. The summed E-state index contributed by atoms with van der Waals surface area (Å²) in [7, 11) is 1.78. The quantitative estimate of drug-likeness (QED) is 0.864. The maximum atomic E-state index is 12.0. The molecule has 2 saturated carbocycles. The standard InChI is InChI=1S/C14H20N4O/c1-15-13-5-4-12(17-18-13)14(19)16-8-11-7-9-2-3-10(11)6-9/h4-5,9-11H,2-3,6-8H2,1H3,(H,15,18)(H,16,19). The second-order valence-corrected chi connectivity index (χ2v) is 5.70. The number of rotatable bonds is 4. The summed E-state index contributed by atoms with van der Waals surface area (Å²) in [5, 5.41) is 13.7. The summed E-state index contributed by atoms with van der Waals surface area (Å²) in [5.41, 5.74) is 0.391. The molecular formula is C14H20N4O. The third-order valence-corrected chi connectivity index (χ3v) is 4.56. The van der Waals surface area contributed by atoms with Gasteiger partial charge < -0.3 is 10.6 Å². The SMILES string of the molecule is CNc1ccc(C(=O)NCC2CC3CCC2C3)nn1. The Hall–Kier alpha value is -1.65. The van der Waals surface area contributed by atoms with Crippen molar-refractivity contribution in [1.29, 1.82) is 0 Å². The Labute approximate surface area is 113 Å². The monoisotopic (exact) mass is 260 g/mol. The van der Waals surface area contributed by atoms with Crippen LogP contribution in [0.5, 0.6) is 0 Å². The number of carbonyl (C=O) groups excluding carboxylic acids is 1. The Bertz CT molecular complexity index is 459. The van der Waals surface area contributed by atoms with Gasteiger partial charge in [0.2, 0.25) is 0 Å². The maximum absolute atomic E-state index is 12.0. The fourth-order valence-corrected chi connectivity index (χ4v) is 3.53. The number of carbonyl (C=O) groups is 1. The van der Waals surface area contributed by atoms with Crippen LogP contribution in [0.3, 0.4) is 0 Å². The summed E-state index contributed by atoms with van der Waals surface area (Å²) in [6.07, 6.45) is 5.40. The molecule has 1 heterocycles. The topological polar surface area (TPSA) is 66.9 Å². The van der Waals surface area contributed by atoms with Gasteiger partial charge in [-0.2, -0.15) is 0 Å². The molecule has 19 heavy (non-hydrogen) atoms. The highest BCUT2D eigenvalue weighted by Gasteiger charge is 2.39. The van der Waals surface area contributed by atoms with Gasteiger partial charge in [-0.3, -0.25) is 4.79 Å². The van der Waals surface area contributed by atoms with Gasteiger partial charge in [0.05, 0.1) is 0 Å². The zero-order chi connectivity index (χ0) is 13.2. The lowest BCUT2D eigenvalue weighted by Gasteiger charge is -2.21. The number of nitrogens with one attached hydrogen (secondary N) is 2. The molecule has 0 aromatic carbocycles. The number of amides is 1. The van der Waals surface area contributed by atoms with E-state index in [1.165, 1.54) is 25.7 Å². The highest BCUT2D eigenvalue weighted by atomic mass is 16.1. The first-order valence-corrected chi connectivity index (χ1v) is 7.06. The summed E-state index contributed by atoms with van der Waals surface area (Å²) < 4.78 is 0. The average molecular weight is 260 g/mol. The van der Waals surface area contributed by atoms with Crippen LogP contribution in [0.15, 0.2) is 12.1 Å². The van der Waals surface area contributed by atoms with Gasteiger partial charge in [0.25, 0.3) is 5.91 Å². The Morgan fingerprint density at radius 1 is 1.32 bits per heavy atom. The second kappa shape index (κ2) is 5.15. The van der Waals surface area contributed by atoms with E-state index in [1.54, 1.807) is 19.2 Å². The lowest BCUT2D eigenvalue weighted by molar-refractivity contribution is 0.0936. The second-order valence-electron chi connectivity index (χ2n) is 5.70. The molecule has 0 saturated heterocycles. The number of aromatic nitrogens is 2. The van der Waals surface area contributed by atoms with Crippen molar-refractivity contribution < 1.29 is 4.79 Å². The molecule has 3 rings (SSSR count). The largest absolute Gasteiger partial charge is 0.372 e. The van der Waals surface area contributed by atoms with Crippen LogP contribution in [-0.2, 0) is 0 Å². The molecule has 0 spiro atoms. The molecule has 5 nitrogen and oxygen atoms in total. The van der Waals surface area contributed by atoms with Crippen LogP contribution in [0, 0.1) is 17.8 Å². The zero-order valence-electron chi connectivity index (χ0n) is 11.2. The number of hydrogen-bond acceptors (Lipinski definition) is 4. The lowest BCUT2D eigenvalue weighted by Crippen LogP contribution is -2.32. The lowest BCUT2D eigenvalue weighted by atomic mass is 9.89. The van der Waals surface area contributed by atoms with Crippen LogP contribution < -0.4 is 10.6 Å². The molecule has 3 unspecified atom stereocenters. The van der Waals surface area contributed by atoms with Crippen molar-refractivity contribution in [1.82, 2.24) is 15.5 Å². The summed E-state index contributed by atoms with van der Waals surface area (Å²) in [6.45, 7) is 0.787. The number of anilines is 1. The zero-order valence-corrected chi connectivity index (χ0v) is 11.2. The fraction of sp³-hybridized carbons (Fsp3) is 0.643. The Morgan fingerprint density at radius 2 is 2.21 bits per heavy atom. The third kappa shape index (κ3) is 2.55. The minimum atomic E-state index is -0.113. The van der Waals surface area contributed by atoms with Gasteiger partial charge in [0, 0.05) is 13.6 Å². The van der Waals surface area contributed by atoms with Gasteiger partial charge in [-0.05, 0) is 49.1 Å². The van der Waals surface area contributed by atoms with Crippen LogP contribution in [0.2, 0.25) is 0 Å². The first kappa shape index (κ1) is 12.4. The molecule has 1 aromatic heterocycles. The van der Waals surface area contributed by atoms with E-state index in [2.05, 4.69) is 20.8 Å². The van der Waals surface area contributed by atoms with E-state index in [-0.39, 0.29) is 5.91 Å². The number of fused-ring (bicyclic) bond motifs is 2. The van der Waals surface area contributed by atoms with Crippen molar-refractivity contribution in [3.63, 3.8) is 0 Å². The third-order valence-electron chi connectivity index (χ3n) is 4.56. The molecule has 0 aliphatic heterocycles. The van der Waals surface area contributed by atoms with Crippen LogP contribution in [-0.4, -0.2) is 29.7 Å². The highest BCUT2D eigenvalue weighted by Crippen LogP contribution is 2.47. The van der Waals surface area contributed by atoms with Gasteiger partial charge in [-0.25, -0.2) is 0 Å². The van der Waals surface area contributed by atoms with Gasteiger partial charge in [0.1, 0.15) is 5.82 Å². The van der Waals surface area contributed by atoms with Crippen LogP contribution in [0.25, 0.3) is 0 Å². The number of hydrogen-bond donors (Lipinski definition) is 2. The summed E-state index contributed by atoms with van der Waals surface area (Å²) in [5.74, 6) is 2.99. The molecule has 0 radical (unpaired) electrons. The van der Waals surface area contributed by atoms with Crippen molar-refractivity contribution >= 4 is 11.7 Å². The van der Waals surface area contributed by atoms with Gasteiger partial charge in [-0.15, -0.1) is 10.2 Å². The maximum Gasteiger partial charge on any atom is 0.271 e. The molecule has 2 fully saturated rings.